The minimum atomic E-state index is 0.228. The second-order valence-corrected chi connectivity index (χ2v) is 4.14. The summed E-state index contributed by atoms with van der Waals surface area (Å²) in [4.78, 5) is 2.77. The van der Waals surface area contributed by atoms with Gasteiger partial charge in [-0.2, -0.15) is 0 Å². The van der Waals surface area contributed by atoms with Crippen LogP contribution in [0.5, 0.6) is 5.75 Å². The SMILES string of the molecule is COc1ccc(-c2noc(C)c2CN=[N+]=[N-])cc1C. The fourth-order valence-corrected chi connectivity index (χ4v) is 1.93. The van der Waals surface area contributed by atoms with Gasteiger partial charge >= 0.3 is 0 Å². The third-order valence-electron chi connectivity index (χ3n) is 2.95. The van der Waals surface area contributed by atoms with Crippen LogP contribution in [0.1, 0.15) is 16.9 Å². The molecule has 0 saturated carbocycles. The largest absolute Gasteiger partial charge is 0.496 e. The van der Waals surface area contributed by atoms with Crippen molar-refractivity contribution in [1.82, 2.24) is 5.16 Å². The number of hydrogen-bond donors (Lipinski definition) is 0. The number of benzene rings is 1. The Bertz CT molecular complexity index is 642. The second-order valence-electron chi connectivity index (χ2n) is 4.14. The molecule has 0 atom stereocenters. The maximum Gasteiger partial charge on any atom is 0.137 e. The van der Waals surface area contributed by atoms with Gasteiger partial charge in [0.15, 0.2) is 0 Å². The van der Waals surface area contributed by atoms with Crippen LogP contribution in [0.25, 0.3) is 21.7 Å². The molecule has 0 aliphatic heterocycles. The van der Waals surface area contributed by atoms with E-state index in [0.29, 0.717) is 11.5 Å². The van der Waals surface area contributed by atoms with Gasteiger partial charge in [0.2, 0.25) is 0 Å². The zero-order chi connectivity index (χ0) is 13.8. The van der Waals surface area contributed by atoms with Crippen molar-refractivity contribution >= 4 is 0 Å². The Morgan fingerprint density at radius 2 is 2.21 bits per heavy atom. The number of hydrogen-bond acceptors (Lipinski definition) is 4. The van der Waals surface area contributed by atoms with E-state index in [4.69, 9.17) is 14.8 Å². The van der Waals surface area contributed by atoms with Crippen molar-refractivity contribution < 1.29 is 9.26 Å². The third-order valence-corrected chi connectivity index (χ3v) is 2.95. The average molecular weight is 258 g/mol. The molecule has 6 nitrogen and oxygen atoms in total. The first kappa shape index (κ1) is 13.0. The lowest BCUT2D eigenvalue weighted by atomic mass is 10.0. The van der Waals surface area contributed by atoms with E-state index in [9.17, 15) is 0 Å². The number of rotatable bonds is 4. The standard InChI is InChI=1S/C13H14N4O2/c1-8-6-10(4-5-12(8)18-3)13-11(7-15-17-14)9(2)19-16-13/h4-6H,7H2,1-3H3. The summed E-state index contributed by atoms with van der Waals surface area (Å²) in [5.41, 5.74) is 11.9. The van der Waals surface area contributed by atoms with E-state index in [1.807, 2.05) is 25.1 Å². The summed E-state index contributed by atoms with van der Waals surface area (Å²) in [7, 11) is 1.63. The first-order valence-corrected chi connectivity index (χ1v) is 5.78. The van der Waals surface area contributed by atoms with Gasteiger partial charge in [-0.25, -0.2) is 0 Å². The molecule has 0 radical (unpaired) electrons. The van der Waals surface area contributed by atoms with E-state index in [-0.39, 0.29) is 6.54 Å². The van der Waals surface area contributed by atoms with Crippen LogP contribution in [0, 0.1) is 13.8 Å². The first-order chi connectivity index (χ1) is 9.17. The summed E-state index contributed by atoms with van der Waals surface area (Å²) in [5.74, 6) is 1.48. The second kappa shape index (κ2) is 5.46. The summed E-state index contributed by atoms with van der Waals surface area (Å²) in [5, 5.41) is 7.61. The van der Waals surface area contributed by atoms with Crippen LogP contribution in [-0.4, -0.2) is 12.3 Å². The van der Waals surface area contributed by atoms with E-state index in [1.165, 1.54) is 0 Å². The Hall–Kier alpha value is -2.46. The van der Waals surface area contributed by atoms with Crippen molar-refractivity contribution in [3.8, 4) is 17.0 Å². The molecule has 0 aliphatic carbocycles. The molecule has 0 fully saturated rings. The molecule has 19 heavy (non-hydrogen) atoms. The molecule has 0 amide bonds. The van der Waals surface area contributed by atoms with Gasteiger partial charge in [0, 0.05) is 16.0 Å². The minimum absolute atomic E-state index is 0.228. The van der Waals surface area contributed by atoms with Crippen molar-refractivity contribution in [3.63, 3.8) is 0 Å². The van der Waals surface area contributed by atoms with Crippen LogP contribution in [0.4, 0.5) is 0 Å². The monoisotopic (exact) mass is 258 g/mol. The van der Waals surface area contributed by atoms with Crippen molar-refractivity contribution in [3.05, 3.63) is 45.5 Å². The highest BCUT2D eigenvalue weighted by atomic mass is 16.5. The molecule has 0 aliphatic rings. The van der Waals surface area contributed by atoms with Crippen molar-refractivity contribution in [1.29, 1.82) is 0 Å². The molecule has 0 N–H and O–H groups in total. The van der Waals surface area contributed by atoms with Crippen molar-refractivity contribution in [2.45, 2.75) is 20.4 Å². The number of ether oxygens (including phenoxy) is 1. The maximum atomic E-state index is 8.42. The van der Waals surface area contributed by atoms with Gasteiger partial charge in [0.1, 0.15) is 17.2 Å². The molecule has 0 spiro atoms. The highest BCUT2D eigenvalue weighted by molar-refractivity contribution is 5.65. The van der Waals surface area contributed by atoms with Crippen LogP contribution < -0.4 is 4.74 Å². The summed E-state index contributed by atoms with van der Waals surface area (Å²) in [6.07, 6.45) is 0. The Labute approximate surface area is 110 Å². The summed E-state index contributed by atoms with van der Waals surface area (Å²) < 4.78 is 10.4. The van der Waals surface area contributed by atoms with E-state index in [1.54, 1.807) is 14.0 Å². The van der Waals surface area contributed by atoms with Gasteiger partial charge in [0.25, 0.3) is 0 Å². The molecular formula is C13H14N4O2. The summed E-state index contributed by atoms with van der Waals surface area (Å²) in [6, 6.07) is 5.75. The lowest BCUT2D eigenvalue weighted by molar-refractivity contribution is 0.398. The fourth-order valence-electron chi connectivity index (χ4n) is 1.93. The van der Waals surface area contributed by atoms with Crippen LogP contribution in [0.2, 0.25) is 0 Å². The lowest BCUT2D eigenvalue weighted by Gasteiger charge is -2.06. The Morgan fingerprint density at radius 1 is 1.42 bits per heavy atom. The predicted octanol–water partition coefficient (Wildman–Crippen LogP) is 3.78. The van der Waals surface area contributed by atoms with E-state index >= 15 is 0 Å². The van der Waals surface area contributed by atoms with Crippen molar-refractivity contribution in [2.24, 2.45) is 5.11 Å². The van der Waals surface area contributed by atoms with Crippen LogP contribution >= 0.6 is 0 Å². The number of methoxy groups -OCH3 is 1. The average Bonchev–Trinajstić information content (AvgIpc) is 2.77. The van der Waals surface area contributed by atoms with Crippen LogP contribution in [0.15, 0.2) is 27.8 Å². The van der Waals surface area contributed by atoms with Gasteiger partial charge in [0.05, 0.1) is 13.7 Å². The molecule has 2 rings (SSSR count). The Morgan fingerprint density at radius 3 is 2.84 bits per heavy atom. The molecule has 98 valence electrons. The predicted molar refractivity (Wildman–Crippen MR) is 70.8 cm³/mol. The van der Waals surface area contributed by atoms with E-state index in [0.717, 1.165) is 22.4 Å². The van der Waals surface area contributed by atoms with Gasteiger partial charge in [-0.05, 0) is 43.1 Å². The van der Waals surface area contributed by atoms with E-state index in [2.05, 4.69) is 15.2 Å². The highest BCUT2D eigenvalue weighted by Gasteiger charge is 2.14. The molecule has 1 aromatic carbocycles. The van der Waals surface area contributed by atoms with E-state index < -0.39 is 0 Å². The van der Waals surface area contributed by atoms with Crippen molar-refractivity contribution in [2.75, 3.05) is 7.11 Å². The number of azide groups is 1. The van der Waals surface area contributed by atoms with Gasteiger partial charge < -0.3 is 9.26 Å². The van der Waals surface area contributed by atoms with Gasteiger partial charge in [-0.1, -0.05) is 10.3 Å². The third kappa shape index (κ3) is 2.53. The molecule has 0 saturated heterocycles. The normalized spacial score (nSPS) is 10.1. The molecule has 1 heterocycles. The number of nitrogens with zero attached hydrogens (tertiary/aromatic N) is 4. The molecule has 2 aromatic rings. The van der Waals surface area contributed by atoms with Gasteiger partial charge in [-0.3, -0.25) is 0 Å². The topological polar surface area (TPSA) is 84.0 Å². The molecular weight excluding hydrogens is 244 g/mol. The summed E-state index contributed by atoms with van der Waals surface area (Å²) >= 11 is 0. The number of aryl methyl sites for hydroxylation is 2. The highest BCUT2D eigenvalue weighted by Crippen LogP contribution is 2.29. The quantitative estimate of drug-likeness (QED) is 0.475. The fraction of sp³-hybridized carbons (Fsp3) is 0.308. The molecule has 1 aromatic heterocycles. The molecule has 0 bridgehead atoms. The summed E-state index contributed by atoms with van der Waals surface area (Å²) in [6.45, 7) is 3.99. The smallest absolute Gasteiger partial charge is 0.137 e. The molecule has 0 unspecified atom stereocenters. The first-order valence-electron chi connectivity index (χ1n) is 5.78. The maximum absolute atomic E-state index is 8.42. The van der Waals surface area contributed by atoms with Crippen LogP contribution in [0.3, 0.4) is 0 Å². The molecule has 6 heteroatoms. The lowest BCUT2D eigenvalue weighted by Crippen LogP contribution is -1.90. The Kier molecular flexibility index (Phi) is 3.73. The zero-order valence-electron chi connectivity index (χ0n) is 11.0. The number of aromatic nitrogens is 1. The zero-order valence-corrected chi connectivity index (χ0v) is 11.0. The Balaban J connectivity index is 2.47. The van der Waals surface area contributed by atoms with Crippen LogP contribution in [-0.2, 0) is 6.54 Å². The van der Waals surface area contributed by atoms with Gasteiger partial charge in [-0.15, -0.1) is 0 Å². The minimum Gasteiger partial charge on any atom is -0.496 e.